The summed E-state index contributed by atoms with van der Waals surface area (Å²) < 4.78 is 30.1. The van der Waals surface area contributed by atoms with Gasteiger partial charge in [0.2, 0.25) is 0 Å². The second-order valence-electron chi connectivity index (χ2n) is 5.40. The highest BCUT2D eigenvalue weighted by atomic mass is 32.2. The predicted octanol–water partition coefficient (Wildman–Crippen LogP) is 2.36. The highest BCUT2D eigenvalue weighted by Gasteiger charge is 2.35. The van der Waals surface area contributed by atoms with Crippen LogP contribution in [0.5, 0.6) is 5.75 Å². The van der Waals surface area contributed by atoms with Gasteiger partial charge in [0.25, 0.3) is 0 Å². The van der Waals surface area contributed by atoms with E-state index in [0.717, 1.165) is 24.0 Å². The summed E-state index contributed by atoms with van der Waals surface area (Å²) >= 11 is 0. The van der Waals surface area contributed by atoms with E-state index in [1.165, 1.54) is 0 Å². The monoisotopic (exact) mass is 297 g/mol. The molecule has 0 amide bonds. The maximum atomic E-state index is 12.2. The van der Waals surface area contributed by atoms with E-state index < -0.39 is 21.1 Å². The first-order valence-corrected chi connectivity index (χ1v) is 8.87. The molecule has 2 rings (SSSR count). The fraction of sp³-hybridized carbons (Fsp3) is 0.600. The summed E-state index contributed by atoms with van der Waals surface area (Å²) in [6, 6.07) is 5.27. The Morgan fingerprint density at radius 3 is 2.80 bits per heavy atom. The Morgan fingerprint density at radius 2 is 2.15 bits per heavy atom. The van der Waals surface area contributed by atoms with Crippen molar-refractivity contribution in [3.05, 3.63) is 29.3 Å². The molecule has 1 aromatic rings. The molecule has 0 bridgehead atoms. The van der Waals surface area contributed by atoms with Gasteiger partial charge in [-0.25, -0.2) is 8.42 Å². The van der Waals surface area contributed by atoms with Crippen LogP contribution in [0.1, 0.15) is 43.4 Å². The van der Waals surface area contributed by atoms with Crippen LogP contribution in [-0.4, -0.2) is 26.0 Å². The van der Waals surface area contributed by atoms with E-state index in [4.69, 9.17) is 10.5 Å². The highest BCUT2D eigenvalue weighted by Crippen LogP contribution is 2.34. The molecule has 1 saturated heterocycles. The quantitative estimate of drug-likeness (QED) is 0.926. The van der Waals surface area contributed by atoms with E-state index >= 15 is 0 Å². The van der Waals surface area contributed by atoms with E-state index in [0.29, 0.717) is 18.8 Å². The molecular weight excluding hydrogens is 274 g/mol. The summed E-state index contributed by atoms with van der Waals surface area (Å²) in [6.45, 7) is 4.42. The highest BCUT2D eigenvalue weighted by molar-refractivity contribution is 7.92. The molecular formula is C15H23NO3S. The van der Waals surface area contributed by atoms with Crippen LogP contribution in [0.25, 0.3) is 0 Å². The van der Waals surface area contributed by atoms with Gasteiger partial charge < -0.3 is 10.5 Å². The molecule has 0 saturated carbocycles. The van der Waals surface area contributed by atoms with Crippen LogP contribution in [0, 0.1) is 6.92 Å². The van der Waals surface area contributed by atoms with E-state index in [1.54, 1.807) is 0 Å². The predicted molar refractivity (Wildman–Crippen MR) is 80.7 cm³/mol. The first-order chi connectivity index (χ1) is 9.45. The lowest BCUT2D eigenvalue weighted by atomic mass is 9.98. The molecule has 0 aromatic heterocycles. The zero-order chi connectivity index (χ0) is 14.8. The molecule has 0 spiro atoms. The second kappa shape index (κ2) is 6.14. The van der Waals surface area contributed by atoms with Crippen LogP contribution in [0.2, 0.25) is 0 Å². The van der Waals surface area contributed by atoms with Crippen LogP contribution < -0.4 is 10.5 Å². The zero-order valence-corrected chi connectivity index (χ0v) is 12.9. The maximum absolute atomic E-state index is 12.2. The largest absolute Gasteiger partial charge is 0.494 e. The van der Waals surface area contributed by atoms with E-state index in [9.17, 15) is 8.42 Å². The molecule has 20 heavy (non-hydrogen) atoms. The van der Waals surface area contributed by atoms with Crippen molar-refractivity contribution in [2.75, 3.05) is 12.4 Å². The first kappa shape index (κ1) is 15.3. The van der Waals surface area contributed by atoms with E-state index in [2.05, 4.69) is 0 Å². The van der Waals surface area contributed by atoms with Crippen molar-refractivity contribution in [3.8, 4) is 5.75 Å². The molecule has 1 aliphatic heterocycles. The average molecular weight is 297 g/mol. The topological polar surface area (TPSA) is 69.4 Å². The molecule has 2 N–H and O–H groups in total. The van der Waals surface area contributed by atoms with Gasteiger partial charge in [0.05, 0.1) is 23.7 Å². The second-order valence-corrected chi connectivity index (χ2v) is 7.74. The Labute approximate surface area is 121 Å². The van der Waals surface area contributed by atoms with Gasteiger partial charge >= 0.3 is 0 Å². The minimum Gasteiger partial charge on any atom is -0.494 e. The summed E-state index contributed by atoms with van der Waals surface area (Å²) in [5, 5.41) is -0.489. The van der Waals surface area contributed by atoms with Crippen LogP contribution in [-0.2, 0) is 9.84 Å². The Hall–Kier alpha value is -1.07. The lowest BCUT2D eigenvalue weighted by molar-refractivity contribution is 0.333. The summed E-state index contributed by atoms with van der Waals surface area (Å²) in [4.78, 5) is 0. The molecule has 1 heterocycles. The molecule has 2 atom stereocenters. The molecule has 1 aliphatic rings. The minimum atomic E-state index is -3.10. The van der Waals surface area contributed by atoms with Gasteiger partial charge in [-0.05, 0) is 32.8 Å². The lowest BCUT2D eigenvalue weighted by Crippen LogP contribution is -2.38. The maximum Gasteiger partial charge on any atom is 0.155 e. The van der Waals surface area contributed by atoms with Crippen molar-refractivity contribution in [2.24, 2.45) is 5.73 Å². The van der Waals surface area contributed by atoms with Crippen molar-refractivity contribution in [2.45, 2.75) is 44.4 Å². The number of ether oxygens (including phenoxy) is 1. The van der Waals surface area contributed by atoms with Crippen molar-refractivity contribution >= 4 is 9.84 Å². The van der Waals surface area contributed by atoms with Gasteiger partial charge in [-0.1, -0.05) is 24.1 Å². The smallest absolute Gasteiger partial charge is 0.155 e. The van der Waals surface area contributed by atoms with Gasteiger partial charge in [-0.2, -0.15) is 0 Å². The number of hydrogen-bond donors (Lipinski definition) is 1. The standard InChI is InChI=1S/C15H23NO3S/c1-3-19-13-8-7-11(2)10-12(13)15(16)14-6-4-5-9-20(14,17)18/h7-8,10,14-15H,3-6,9,16H2,1-2H3. The molecule has 4 nitrogen and oxygen atoms in total. The van der Waals surface area contributed by atoms with Gasteiger partial charge in [-0.15, -0.1) is 0 Å². The van der Waals surface area contributed by atoms with Crippen LogP contribution in [0.15, 0.2) is 18.2 Å². The zero-order valence-electron chi connectivity index (χ0n) is 12.1. The summed E-state index contributed by atoms with van der Waals surface area (Å²) in [5.41, 5.74) is 8.16. The molecule has 1 fully saturated rings. The molecule has 1 aromatic carbocycles. The summed E-state index contributed by atoms with van der Waals surface area (Å²) in [6.07, 6.45) is 2.31. The Kier molecular flexibility index (Phi) is 4.70. The Balaban J connectivity index is 2.36. The third-order valence-electron chi connectivity index (χ3n) is 3.85. The van der Waals surface area contributed by atoms with Crippen molar-refractivity contribution in [1.82, 2.24) is 0 Å². The minimum absolute atomic E-state index is 0.251. The first-order valence-electron chi connectivity index (χ1n) is 7.16. The Bertz CT molecular complexity index is 568. The normalized spacial score (nSPS) is 23.2. The summed E-state index contributed by atoms with van der Waals surface area (Å²) in [5.74, 6) is 0.951. The van der Waals surface area contributed by atoms with Gasteiger partial charge in [0, 0.05) is 5.56 Å². The number of rotatable bonds is 4. The van der Waals surface area contributed by atoms with Gasteiger partial charge in [0.15, 0.2) is 9.84 Å². The third-order valence-corrected chi connectivity index (χ3v) is 6.16. The van der Waals surface area contributed by atoms with E-state index in [-0.39, 0.29) is 5.75 Å². The van der Waals surface area contributed by atoms with Crippen LogP contribution in [0.4, 0.5) is 0 Å². The van der Waals surface area contributed by atoms with Crippen LogP contribution >= 0.6 is 0 Å². The SMILES string of the molecule is CCOc1ccc(C)cc1C(N)C1CCCCS1(=O)=O. The molecule has 5 heteroatoms. The fourth-order valence-electron chi connectivity index (χ4n) is 2.80. The van der Waals surface area contributed by atoms with E-state index in [1.807, 2.05) is 32.0 Å². The number of nitrogens with two attached hydrogens (primary N) is 1. The fourth-order valence-corrected chi connectivity index (χ4v) is 4.83. The number of aryl methyl sites for hydroxylation is 1. The van der Waals surface area contributed by atoms with Crippen LogP contribution in [0.3, 0.4) is 0 Å². The summed E-state index contributed by atoms with van der Waals surface area (Å²) in [7, 11) is -3.10. The van der Waals surface area contributed by atoms with Crippen molar-refractivity contribution in [3.63, 3.8) is 0 Å². The molecule has 0 radical (unpaired) electrons. The number of benzene rings is 1. The Morgan fingerprint density at radius 1 is 1.40 bits per heavy atom. The van der Waals surface area contributed by atoms with Crippen molar-refractivity contribution < 1.29 is 13.2 Å². The average Bonchev–Trinajstić information content (AvgIpc) is 2.40. The molecule has 112 valence electrons. The third kappa shape index (κ3) is 3.15. The molecule has 2 unspecified atom stereocenters. The lowest BCUT2D eigenvalue weighted by Gasteiger charge is -2.29. The van der Waals surface area contributed by atoms with Gasteiger partial charge in [0.1, 0.15) is 5.75 Å². The number of hydrogen-bond acceptors (Lipinski definition) is 4. The van der Waals surface area contributed by atoms with Crippen molar-refractivity contribution in [1.29, 1.82) is 0 Å². The molecule has 0 aliphatic carbocycles. The number of sulfone groups is 1. The van der Waals surface area contributed by atoms with Gasteiger partial charge in [-0.3, -0.25) is 0 Å².